The van der Waals surface area contributed by atoms with Gasteiger partial charge in [-0.2, -0.15) is 0 Å². The first kappa shape index (κ1) is 16.1. The zero-order valence-electron chi connectivity index (χ0n) is 15.2. The molecule has 0 unspecified atom stereocenters. The highest BCUT2D eigenvalue weighted by Crippen LogP contribution is 2.55. The average molecular weight is 307 g/mol. The summed E-state index contributed by atoms with van der Waals surface area (Å²) in [4.78, 5) is 14.7. The van der Waals surface area contributed by atoms with E-state index in [1.165, 1.54) is 32.1 Å². The van der Waals surface area contributed by atoms with Crippen LogP contribution in [-0.4, -0.2) is 28.7 Å². The second-order valence-corrected chi connectivity index (χ2v) is 10.1. The van der Waals surface area contributed by atoms with Gasteiger partial charge >= 0.3 is 6.09 Å². The SMILES string of the molecule is CC(C)(C)CC1C2CC3CC1CC(C2)N3C(=O)OC(C)(C)C. The Balaban J connectivity index is 1.69. The van der Waals surface area contributed by atoms with Gasteiger partial charge in [-0.05, 0) is 76.0 Å². The maximum Gasteiger partial charge on any atom is 0.410 e. The summed E-state index contributed by atoms with van der Waals surface area (Å²) in [6.45, 7) is 13.0. The van der Waals surface area contributed by atoms with Crippen LogP contribution in [0.25, 0.3) is 0 Å². The van der Waals surface area contributed by atoms with E-state index in [-0.39, 0.29) is 11.7 Å². The number of hydrogen-bond acceptors (Lipinski definition) is 2. The lowest BCUT2D eigenvalue weighted by Crippen LogP contribution is -2.63. The fourth-order valence-electron chi connectivity index (χ4n) is 5.27. The summed E-state index contributed by atoms with van der Waals surface area (Å²) in [5, 5.41) is 0. The van der Waals surface area contributed by atoms with Crippen molar-refractivity contribution in [3.05, 3.63) is 0 Å². The van der Waals surface area contributed by atoms with Crippen molar-refractivity contribution < 1.29 is 9.53 Å². The van der Waals surface area contributed by atoms with Crippen LogP contribution in [0, 0.1) is 23.2 Å². The van der Waals surface area contributed by atoms with Crippen molar-refractivity contribution in [2.24, 2.45) is 23.2 Å². The molecule has 3 nitrogen and oxygen atoms in total. The quantitative estimate of drug-likeness (QED) is 0.693. The van der Waals surface area contributed by atoms with Gasteiger partial charge in [0.1, 0.15) is 5.60 Å². The smallest absolute Gasteiger partial charge is 0.410 e. The summed E-state index contributed by atoms with van der Waals surface area (Å²) in [5.41, 5.74) is 0.0331. The lowest BCUT2D eigenvalue weighted by Gasteiger charge is -2.60. The molecule has 3 heteroatoms. The van der Waals surface area contributed by atoms with Crippen LogP contribution in [0.1, 0.15) is 73.6 Å². The van der Waals surface area contributed by atoms with Gasteiger partial charge in [0.05, 0.1) is 0 Å². The van der Waals surface area contributed by atoms with Crippen molar-refractivity contribution in [3.8, 4) is 0 Å². The van der Waals surface area contributed by atoms with Crippen LogP contribution in [0.15, 0.2) is 0 Å². The molecule has 4 fully saturated rings. The number of ether oxygens (including phenoxy) is 1. The van der Waals surface area contributed by atoms with Crippen molar-refractivity contribution in [2.45, 2.75) is 91.3 Å². The molecule has 22 heavy (non-hydrogen) atoms. The Hall–Kier alpha value is -0.730. The van der Waals surface area contributed by atoms with E-state index < -0.39 is 0 Å². The molecule has 1 amide bonds. The topological polar surface area (TPSA) is 29.5 Å². The molecule has 0 radical (unpaired) electrons. The molecule has 2 saturated heterocycles. The highest BCUT2D eigenvalue weighted by atomic mass is 16.6. The number of nitrogens with zero attached hydrogens (tertiary/aromatic N) is 1. The highest BCUT2D eigenvalue weighted by Gasteiger charge is 2.54. The van der Waals surface area contributed by atoms with Gasteiger partial charge in [-0.15, -0.1) is 0 Å². The summed E-state index contributed by atoms with van der Waals surface area (Å²) >= 11 is 0. The first-order chi connectivity index (χ1) is 10.0. The Bertz CT molecular complexity index is 413. The number of carbonyl (C=O) groups is 1. The molecule has 0 aromatic heterocycles. The fraction of sp³-hybridized carbons (Fsp3) is 0.947. The first-order valence-corrected chi connectivity index (χ1v) is 9.05. The van der Waals surface area contributed by atoms with Gasteiger partial charge in [-0.25, -0.2) is 4.79 Å². The molecule has 4 rings (SSSR count). The lowest BCUT2D eigenvalue weighted by molar-refractivity contribution is -0.102. The van der Waals surface area contributed by atoms with Crippen LogP contribution in [0.2, 0.25) is 0 Å². The van der Waals surface area contributed by atoms with Gasteiger partial charge in [0.25, 0.3) is 0 Å². The van der Waals surface area contributed by atoms with E-state index in [4.69, 9.17) is 4.74 Å². The Kier molecular flexibility index (Phi) is 3.77. The third kappa shape index (κ3) is 3.14. The van der Waals surface area contributed by atoms with E-state index in [2.05, 4.69) is 25.7 Å². The Labute approximate surface area is 135 Å². The van der Waals surface area contributed by atoms with E-state index in [1.807, 2.05) is 20.8 Å². The van der Waals surface area contributed by atoms with Crippen molar-refractivity contribution in [3.63, 3.8) is 0 Å². The van der Waals surface area contributed by atoms with Crippen LogP contribution < -0.4 is 0 Å². The maximum atomic E-state index is 12.6. The van der Waals surface area contributed by atoms with Crippen molar-refractivity contribution in [1.82, 2.24) is 4.90 Å². The number of hydrogen-bond donors (Lipinski definition) is 0. The summed E-state index contributed by atoms with van der Waals surface area (Å²) < 4.78 is 5.66. The summed E-state index contributed by atoms with van der Waals surface area (Å²) in [7, 11) is 0. The molecule has 0 aromatic rings. The molecular weight excluding hydrogens is 274 g/mol. The fourth-order valence-corrected chi connectivity index (χ4v) is 5.27. The number of carbonyl (C=O) groups excluding carboxylic acids is 1. The zero-order valence-corrected chi connectivity index (χ0v) is 15.2. The molecule has 2 heterocycles. The average Bonchev–Trinajstić information content (AvgIpc) is 2.28. The van der Waals surface area contributed by atoms with Crippen LogP contribution in [0.5, 0.6) is 0 Å². The minimum absolute atomic E-state index is 0.0753. The molecule has 2 aliphatic heterocycles. The number of amides is 1. The zero-order chi connectivity index (χ0) is 16.3. The second-order valence-electron chi connectivity index (χ2n) is 10.1. The van der Waals surface area contributed by atoms with Gasteiger partial charge in [-0.1, -0.05) is 20.8 Å². The molecule has 4 aliphatic rings. The van der Waals surface area contributed by atoms with E-state index >= 15 is 0 Å². The Morgan fingerprint density at radius 1 is 0.955 bits per heavy atom. The minimum atomic E-state index is -0.388. The van der Waals surface area contributed by atoms with Gasteiger partial charge < -0.3 is 9.64 Å². The van der Waals surface area contributed by atoms with Gasteiger partial charge in [0.15, 0.2) is 0 Å². The summed E-state index contributed by atoms with van der Waals surface area (Å²) in [6, 6.07) is 0.877. The van der Waals surface area contributed by atoms with Crippen molar-refractivity contribution in [1.29, 1.82) is 0 Å². The standard InChI is InChI=1S/C19H33NO2/c1-18(2,3)11-16-12-7-14-9-13(16)10-15(8-12)20(14)17(21)22-19(4,5)6/h12-16H,7-11H2,1-6H3. The summed E-state index contributed by atoms with van der Waals surface area (Å²) in [6.07, 6.45) is 6.07. The molecule has 0 N–H and O–H groups in total. The third-order valence-corrected chi connectivity index (χ3v) is 5.75. The van der Waals surface area contributed by atoms with Crippen LogP contribution >= 0.6 is 0 Å². The first-order valence-electron chi connectivity index (χ1n) is 9.05. The molecule has 4 bridgehead atoms. The molecule has 0 atom stereocenters. The predicted molar refractivity (Wildman–Crippen MR) is 88.7 cm³/mol. The van der Waals surface area contributed by atoms with Crippen molar-refractivity contribution in [2.75, 3.05) is 0 Å². The van der Waals surface area contributed by atoms with Gasteiger partial charge in [0, 0.05) is 12.1 Å². The molecule has 126 valence electrons. The van der Waals surface area contributed by atoms with E-state index in [9.17, 15) is 4.79 Å². The second kappa shape index (κ2) is 5.14. The van der Waals surface area contributed by atoms with Crippen LogP contribution in [0.4, 0.5) is 4.79 Å². The molecule has 0 aromatic carbocycles. The third-order valence-electron chi connectivity index (χ3n) is 5.75. The highest BCUT2D eigenvalue weighted by molar-refractivity contribution is 5.69. The molecule has 0 spiro atoms. The van der Waals surface area contributed by atoms with Crippen LogP contribution in [-0.2, 0) is 4.74 Å². The normalized spacial score (nSPS) is 37.5. The Morgan fingerprint density at radius 3 is 1.77 bits per heavy atom. The number of rotatable bonds is 1. The number of piperidine rings is 2. The monoisotopic (exact) mass is 307 g/mol. The minimum Gasteiger partial charge on any atom is -0.444 e. The van der Waals surface area contributed by atoms with E-state index in [0.29, 0.717) is 17.5 Å². The van der Waals surface area contributed by atoms with Gasteiger partial charge in [0.2, 0.25) is 0 Å². The molecule has 2 saturated carbocycles. The largest absolute Gasteiger partial charge is 0.444 e. The van der Waals surface area contributed by atoms with Crippen LogP contribution in [0.3, 0.4) is 0 Å². The Morgan fingerprint density at radius 2 is 1.41 bits per heavy atom. The maximum absolute atomic E-state index is 12.6. The van der Waals surface area contributed by atoms with Gasteiger partial charge in [-0.3, -0.25) is 0 Å². The van der Waals surface area contributed by atoms with E-state index in [0.717, 1.165) is 17.8 Å². The molecular formula is C19H33NO2. The summed E-state index contributed by atoms with van der Waals surface area (Å²) in [5.74, 6) is 2.55. The predicted octanol–water partition coefficient (Wildman–Crippen LogP) is 4.85. The van der Waals surface area contributed by atoms with E-state index in [1.54, 1.807) is 0 Å². The molecule has 2 aliphatic carbocycles. The lowest BCUT2D eigenvalue weighted by atomic mass is 9.55. The van der Waals surface area contributed by atoms with Crippen molar-refractivity contribution >= 4 is 6.09 Å².